The molecule has 0 bridgehead atoms. The number of likely N-dealkylation sites (tertiary alicyclic amines) is 1. The van der Waals surface area contributed by atoms with Gasteiger partial charge in [-0.15, -0.1) is 12.4 Å². The number of nitrogens with zero attached hydrogens (tertiary/aromatic N) is 2. The summed E-state index contributed by atoms with van der Waals surface area (Å²) in [5.41, 5.74) is 4.41. The fourth-order valence-electron chi connectivity index (χ4n) is 4.65. The first kappa shape index (κ1) is 22.7. The molecule has 2 saturated heterocycles. The van der Waals surface area contributed by atoms with Crippen LogP contribution in [-0.2, 0) is 9.59 Å². The van der Waals surface area contributed by atoms with E-state index in [1.54, 1.807) is 0 Å². The van der Waals surface area contributed by atoms with Crippen molar-refractivity contribution in [1.82, 2.24) is 10.2 Å². The molecule has 0 spiro atoms. The molecule has 2 amide bonds. The Morgan fingerprint density at radius 1 is 1.14 bits per heavy atom. The van der Waals surface area contributed by atoms with Crippen molar-refractivity contribution >= 4 is 29.9 Å². The summed E-state index contributed by atoms with van der Waals surface area (Å²) in [5, 5.41) is 3.41. The molecule has 2 heterocycles. The van der Waals surface area contributed by atoms with Gasteiger partial charge in [-0.3, -0.25) is 9.59 Å². The van der Waals surface area contributed by atoms with Crippen molar-refractivity contribution in [3.05, 3.63) is 28.8 Å². The first-order chi connectivity index (χ1) is 12.9. The maximum atomic E-state index is 13.0. The highest BCUT2D eigenvalue weighted by atomic mass is 35.5. The highest BCUT2D eigenvalue weighted by molar-refractivity contribution is 6.01. The molecule has 1 N–H and O–H groups in total. The zero-order chi connectivity index (χ0) is 19.6. The van der Waals surface area contributed by atoms with Crippen LogP contribution in [0.1, 0.15) is 42.9 Å². The fraction of sp³-hybridized carbons (Fsp3) is 0.636. The van der Waals surface area contributed by atoms with Crippen LogP contribution in [0, 0.1) is 32.6 Å². The Kier molecular flexibility index (Phi) is 7.90. The summed E-state index contributed by atoms with van der Waals surface area (Å²) >= 11 is 0. The minimum absolute atomic E-state index is 0. The minimum Gasteiger partial charge on any atom is -0.342 e. The van der Waals surface area contributed by atoms with E-state index in [1.807, 2.05) is 23.6 Å². The summed E-state index contributed by atoms with van der Waals surface area (Å²) in [6, 6.07) is 4.22. The Labute approximate surface area is 175 Å². The van der Waals surface area contributed by atoms with E-state index in [1.165, 1.54) is 5.56 Å². The summed E-state index contributed by atoms with van der Waals surface area (Å²) in [7, 11) is 0. The molecule has 0 radical (unpaired) electrons. The van der Waals surface area contributed by atoms with Crippen LogP contribution in [0.3, 0.4) is 0 Å². The van der Waals surface area contributed by atoms with Crippen molar-refractivity contribution < 1.29 is 9.59 Å². The van der Waals surface area contributed by atoms with Crippen LogP contribution >= 0.6 is 12.4 Å². The van der Waals surface area contributed by atoms with E-state index in [0.29, 0.717) is 18.9 Å². The number of rotatable bonds is 5. The van der Waals surface area contributed by atoms with Gasteiger partial charge >= 0.3 is 0 Å². The normalized spacial score (nSPS) is 20.4. The quantitative estimate of drug-likeness (QED) is 0.815. The lowest BCUT2D eigenvalue weighted by Crippen LogP contribution is -2.44. The van der Waals surface area contributed by atoms with E-state index in [4.69, 9.17) is 0 Å². The number of hydrogen-bond acceptors (Lipinski definition) is 3. The summed E-state index contributed by atoms with van der Waals surface area (Å²) in [6.07, 6.45) is 2.45. The summed E-state index contributed by atoms with van der Waals surface area (Å²) in [4.78, 5) is 29.5. The highest BCUT2D eigenvalue weighted by Crippen LogP contribution is 2.33. The number of amides is 2. The number of halogens is 1. The number of piperidine rings is 1. The second kappa shape index (κ2) is 9.75. The SMILES string of the molecule is CCNCC1CCN(C(=O)C2CC(=O)N(c3c(C)cc(C)cc3C)C2)CC1.Cl. The maximum Gasteiger partial charge on any atom is 0.228 e. The third-order valence-electron chi connectivity index (χ3n) is 5.99. The van der Waals surface area contributed by atoms with Crippen molar-refractivity contribution in [3.63, 3.8) is 0 Å². The number of benzene rings is 1. The molecule has 6 heteroatoms. The first-order valence-corrected chi connectivity index (χ1v) is 10.3. The Morgan fingerprint density at radius 3 is 2.32 bits per heavy atom. The standard InChI is InChI=1S/C22H33N3O2.ClH/c1-5-23-13-18-6-8-24(9-7-18)22(27)19-12-20(26)25(14-19)21-16(3)10-15(2)11-17(21)4;/h10-11,18-19,23H,5-9,12-14H2,1-4H3;1H. The van der Waals surface area contributed by atoms with Crippen LogP contribution in [0.25, 0.3) is 0 Å². The van der Waals surface area contributed by atoms with Gasteiger partial charge in [0.05, 0.1) is 5.92 Å². The van der Waals surface area contributed by atoms with Crippen molar-refractivity contribution in [3.8, 4) is 0 Å². The Hall–Kier alpha value is -1.59. The molecule has 0 saturated carbocycles. The van der Waals surface area contributed by atoms with Crippen LogP contribution in [-0.4, -0.2) is 49.4 Å². The summed E-state index contributed by atoms with van der Waals surface area (Å²) in [5.74, 6) is 0.692. The molecule has 1 aromatic carbocycles. The van der Waals surface area contributed by atoms with Gasteiger partial charge in [0, 0.05) is 31.7 Å². The zero-order valence-corrected chi connectivity index (χ0v) is 18.4. The number of hydrogen-bond donors (Lipinski definition) is 1. The van der Waals surface area contributed by atoms with Crippen LogP contribution in [0.5, 0.6) is 0 Å². The molecule has 2 aliphatic heterocycles. The van der Waals surface area contributed by atoms with Crippen LogP contribution in [0.15, 0.2) is 12.1 Å². The number of carbonyl (C=O) groups excluding carboxylic acids is 2. The Bertz CT molecular complexity index is 691. The highest BCUT2D eigenvalue weighted by Gasteiger charge is 2.38. The topological polar surface area (TPSA) is 52.7 Å². The Morgan fingerprint density at radius 2 is 1.75 bits per heavy atom. The maximum absolute atomic E-state index is 13.0. The molecular weight excluding hydrogens is 374 g/mol. The van der Waals surface area contributed by atoms with Gasteiger partial charge in [-0.2, -0.15) is 0 Å². The average Bonchev–Trinajstić information content (AvgIpc) is 3.00. The molecule has 5 nitrogen and oxygen atoms in total. The van der Waals surface area contributed by atoms with Crippen LogP contribution in [0.4, 0.5) is 5.69 Å². The van der Waals surface area contributed by atoms with E-state index in [-0.39, 0.29) is 30.1 Å². The predicted molar refractivity (Wildman–Crippen MR) is 116 cm³/mol. The van der Waals surface area contributed by atoms with Gasteiger partial charge in [0.15, 0.2) is 0 Å². The Balaban J connectivity index is 0.00000280. The molecule has 0 aliphatic carbocycles. The predicted octanol–water partition coefficient (Wildman–Crippen LogP) is 3.23. The first-order valence-electron chi connectivity index (χ1n) is 10.3. The van der Waals surface area contributed by atoms with E-state index in [9.17, 15) is 9.59 Å². The average molecular weight is 408 g/mol. The second-order valence-electron chi connectivity index (χ2n) is 8.23. The molecule has 1 aromatic rings. The smallest absolute Gasteiger partial charge is 0.228 e. The van der Waals surface area contributed by atoms with Gasteiger partial charge in [-0.05, 0) is 63.7 Å². The van der Waals surface area contributed by atoms with E-state index in [2.05, 4.69) is 31.3 Å². The molecule has 1 unspecified atom stereocenters. The van der Waals surface area contributed by atoms with Gasteiger partial charge < -0.3 is 15.1 Å². The third-order valence-corrected chi connectivity index (χ3v) is 5.99. The molecular formula is C22H34ClN3O2. The molecule has 28 heavy (non-hydrogen) atoms. The number of carbonyl (C=O) groups is 2. The van der Waals surface area contributed by atoms with Gasteiger partial charge in [0.25, 0.3) is 0 Å². The van der Waals surface area contributed by atoms with Crippen molar-refractivity contribution in [2.45, 2.75) is 47.0 Å². The summed E-state index contributed by atoms with van der Waals surface area (Å²) in [6.45, 7) is 12.5. The van der Waals surface area contributed by atoms with Crippen LogP contribution in [0.2, 0.25) is 0 Å². The summed E-state index contributed by atoms with van der Waals surface area (Å²) < 4.78 is 0. The minimum atomic E-state index is -0.206. The zero-order valence-electron chi connectivity index (χ0n) is 17.6. The van der Waals surface area contributed by atoms with Crippen molar-refractivity contribution in [2.24, 2.45) is 11.8 Å². The largest absolute Gasteiger partial charge is 0.342 e. The molecule has 3 rings (SSSR count). The fourth-order valence-corrected chi connectivity index (χ4v) is 4.65. The van der Waals surface area contributed by atoms with Crippen LogP contribution < -0.4 is 10.2 Å². The van der Waals surface area contributed by atoms with Crippen molar-refractivity contribution in [1.29, 1.82) is 0 Å². The lowest BCUT2D eigenvalue weighted by molar-refractivity contribution is -0.137. The third kappa shape index (κ3) is 4.87. The lowest BCUT2D eigenvalue weighted by Gasteiger charge is -2.33. The molecule has 1 atom stereocenters. The number of nitrogens with one attached hydrogen (secondary N) is 1. The second-order valence-corrected chi connectivity index (χ2v) is 8.23. The van der Waals surface area contributed by atoms with E-state index >= 15 is 0 Å². The molecule has 2 fully saturated rings. The molecule has 0 aromatic heterocycles. The van der Waals surface area contributed by atoms with Gasteiger partial charge in [0.1, 0.15) is 0 Å². The number of anilines is 1. The monoisotopic (exact) mass is 407 g/mol. The molecule has 2 aliphatic rings. The van der Waals surface area contributed by atoms with E-state index < -0.39 is 0 Å². The molecule has 156 valence electrons. The van der Waals surface area contributed by atoms with Gasteiger partial charge in [-0.1, -0.05) is 24.6 Å². The number of aryl methyl sites for hydroxylation is 3. The lowest BCUT2D eigenvalue weighted by atomic mass is 9.95. The van der Waals surface area contributed by atoms with Gasteiger partial charge in [-0.25, -0.2) is 0 Å². The van der Waals surface area contributed by atoms with Crippen molar-refractivity contribution in [2.75, 3.05) is 37.6 Å². The van der Waals surface area contributed by atoms with E-state index in [0.717, 1.165) is 55.8 Å². The van der Waals surface area contributed by atoms with Gasteiger partial charge in [0.2, 0.25) is 11.8 Å².